The summed E-state index contributed by atoms with van der Waals surface area (Å²) in [6.07, 6.45) is 0. The average Bonchev–Trinajstić information content (AvgIpc) is 2.53. The Bertz CT molecular complexity index is 928. The number of thiol groups is 6. The highest BCUT2D eigenvalue weighted by atomic mass is 32.1. The molecule has 26 heavy (non-hydrogen) atoms. The Balaban J connectivity index is 2.47. The van der Waals surface area contributed by atoms with Crippen LogP contribution >= 0.6 is 82.9 Å². The van der Waals surface area contributed by atoms with E-state index in [1.807, 2.05) is 30.3 Å². The molecule has 0 heterocycles. The van der Waals surface area contributed by atoms with Crippen molar-refractivity contribution in [1.82, 2.24) is 0 Å². The first kappa shape index (κ1) is 20.7. The van der Waals surface area contributed by atoms with Crippen LogP contribution in [0.25, 0.3) is 0 Å². The van der Waals surface area contributed by atoms with E-state index in [2.05, 4.69) is 75.8 Å². The highest BCUT2D eigenvalue weighted by molar-refractivity contribution is 7.91. The van der Waals surface area contributed by atoms with Gasteiger partial charge < -0.3 is 4.57 Å². The first-order valence-electron chi connectivity index (χ1n) is 7.42. The normalized spacial score (nSPS) is 11.6. The van der Waals surface area contributed by atoms with Gasteiger partial charge in [-0.1, -0.05) is 30.3 Å². The molecule has 0 fully saturated rings. The number of hydrogen-bond donors (Lipinski definition) is 6. The third kappa shape index (κ3) is 3.77. The van der Waals surface area contributed by atoms with E-state index in [9.17, 15) is 4.57 Å². The van der Waals surface area contributed by atoms with Crippen molar-refractivity contribution in [2.45, 2.75) is 29.4 Å². The van der Waals surface area contributed by atoms with Gasteiger partial charge in [0, 0.05) is 45.3 Å². The Hall–Kier alpha value is -0.0100. The largest absolute Gasteiger partial charge is 0.308 e. The van der Waals surface area contributed by atoms with E-state index < -0.39 is 7.14 Å². The molecule has 0 amide bonds. The molecule has 3 aromatic carbocycles. The molecule has 0 aromatic heterocycles. The van der Waals surface area contributed by atoms with Crippen molar-refractivity contribution in [2.24, 2.45) is 0 Å². The lowest BCUT2D eigenvalue weighted by molar-refractivity contribution is 0.591. The summed E-state index contributed by atoms with van der Waals surface area (Å²) in [5.41, 5.74) is 0. The van der Waals surface area contributed by atoms with Gasteiger partial charge in [-0.3, -0.25) is 0 Å². The van der Waals surface area contributed by atoms with Crippen molar-refractivity contribution in [1.29, 1.82) is 0 Å². The van der Waals surface area contributed by atoms with Crippen molar-refractivity contribution in [3.8, 4) is 0 Å². The standard InChI is InChI=1S/C18H15OPS6/c19-20(10-4-2-1-3-5-10,17-13(23)6-11(21)7-14(17)24)18-15(25)8-12(22)9-16(18)26/h1-9,21-26H. The van der Waals surface area contributed by atoms with Gasteiger partial charge in [-0.15, -0.1) is 75.8 Å². The van der Waals surface area contributed by atoms with Crippen LogP contribution in [-0.2, 0) is 4.57 Å². The van der Waals surface area contributed by atoms with Crippen molar-refractivity contribution in [2.75, 3.05) is 0 Å². The first-order valence-corrected chi connectivity index (χ1v) is 11.8. The Kier molecular flexibility index (Phi) is 6.50. The van der Waals surface area contributed by atoms with Gasteiger partial charge in [-0.25, -0.2) is 0 Å². The zero-order chi connectivity index (χ0) is 19.1. The lowest BCUT2D eigenvalue weighted by Crippen LogP contribution is -2.29. The minimum atomic E-state index is -3.34. The fourth-order valence-corrected chi connectivity index (χ4v) is 9.54. The van der Waals surface area contributed by atoms with Crippen LogP contribution in [0.15, 0.2) is 84.0 Å². The van der Waals surface area contributed by atoms with Crippen molar-refractivity contribution >= 4 is 98.8 Å². The summed E-state index contributed by atoms with van der Waals surface area (Å²) in [5, 5.41) is 1.76. The molecule has 3 rings (SSSR count). The summed E-state index contributed by atoms with van der Waals surface area (Å²) < 4.78 is 14.7. The Morgan fingerprint density at radius 1 is 0.577 bits per heavy atom. The zero-order valence-corrected chi connectivity index (χ0v) is 19.5. The summed E-state index contributed by atoms with van der Waals surface area (Å²) >= 11 is 27.1. The maximum Gasteiger partial charge on any atom is 0.175 e. The third-order valence-corrected chi connectivity index (χ3v) is 9.74. The minimum Gasteiger partial charge on any atom is -0.308 e. The van der Waals surface area contributed by atoms with Gasteiger partial charge in [0.15, 0.2) is 7.14 Å². The molecule has 0 bridgehead atoms. The lowest BCUT2D eigenvalue weighted by atomic mass is 10.3. The van der Waals surface area contributed by atoms with Gasteiger partial charge in [-0.05, 0) is 24.3 Å². The van der Waals surface area contributed by atoms with E-state index in [0.717, 1.165) is 0 Å². The van der Waals surface area contributed by atoms with E-state index in [1.165, 1.54) is 0 Å². The second-order valence-corrected chi connectivity index (χ2v) is 11.2. The maximum atomic E-state index is 14.7. The van der Waals surface area contributed by atoms with E-state index in [1.54, 1.807) is 24.3 Å². The molecule has 0 spiro atoms. The van der Waals surface area contributed by atoms with E-state index >= 15 is 0 Å². The van der Waals surface area contributed by atoms with Crippen molar-refractivity contribution < 1.29 is 4.57 Å². The average molecular weight is 471 g/mol. The Labute approximate surface area is 186 Å². The lowest BCUT2D eigenvalue weighted by Gasteiger charge is -2.25. The van der Waals surface area contributed by atoms with Crippen LogP contribution in [-0.4, -0.2) is 0 Å². The Morgan fingerprint density at radius 3 is 1.27 bits per heavy atom. The fraction of sp³-hybridized carbons (Fsp3) is 0. The number of rotatable bonds is 3. The summed E-state index contributed by atoms with van der Waals surface area (Å²) in [5.74, 6) is 0. The van der Waals surface area contributed by atoms with Gasteiger partial charge >= 0.3 is 0 Å². The van der Waals surface area contributed by atoms with Crippen LogP contribution in [0.1, 0.15) is 0 Å². The molecule has 134 valence electrons. The monoisotopic (exact) mass is 470 g/mol. The van der Waals surface area contributed by atoms with Gasteiger partial charge in [0.25, 0.3) is 0 Å². The van der Waals surface area contributed by atoms with E-state index in [4.69, 9.17) is 0 Å². The van der Waals surface area contributed by atoms with Crippen LogP contribution in [0.2, 0.25) is 0 Å². The van der Waals surface area contributed by atoms with Gasteiger partial charge in [0.05, 0.1) is 0 Å². The highest BCUT2D eigenvalue weighted by Gasteiger charge is 2.36. The SMILES string of the molecule is O=P(c1ccccc1)(c1c(S)cc(S)cc1S)c1c(S)cc(S)cc1S. The van der Waals surface area contributed by atoms with Crippen molar-refractivity contribution in [3.05, 3.63) is 54.6 Å². The summed E-state index contributed by atoms with van der Waals surface area (Å²) in [6, 6.07) is 16.3. The van der Waals surface area contributed by atoms with Crippen LogP contribution < -0.4 is 15.9 Å². The molecule has 8 heteroatoms. The highest BCUT2D eigenvalue weighted by Crippen LogP contribution is 2.49. The van der Waals surface area contributed by atoms with Crippen LogP contribution in [0.3, 0.4) is 0 Å². The summed E-state index contributed by atoms with van der Waals surface area (Å²) in [7, 11) is -3.34. The van der Waals surface area contributed by atoms with Gasteiger partial charge in [0.1, 0.15) is 0 Å². The summed E-state index contributed by atoms with van der Waals surface area (Å²) in [4.78, 5) is 3.64. The predicted molar refractivity (Wildman–Crippen MR) is 129 cm³/mol. The Morgan fingerprint density at radius 2 is 0.923 bits per heavy atom. The van der Waals surface area contributed by atoms with Gasteiger partial charge in [0.2, 0.25) is 0 Å². The molecule has 3 aromatic rings. The molecular weight excluding hydrogens is 456 g/mol. The number of hydrogen-bond acceptors (Lipinski definition) is 7. The molecule has 0 saturated carbocycles. The molecule has 0 aliphatic rings. The van der Waals surface area contributed by atoms with Crippen molar-refractivity contribution in [3.63, 3.8) is 0 Å². The minimum absolute atomic E-state index is 0.547. The topological polar surface area (TPSA) is 17.1 Å². The zero-order valence-electron chi connectivity index (χ0n) is 13.2. The second-order valence-electron chi connectivity index (χ2n) is 5.61. The molecule has 0 N–H and O–H groups in total. The first-order chi connectivity index (χ1) is 12.2. The van der Waals surface area contributed by atoms with E-state index in [-0.39, 0.29) is 0 Å². The molecule has 0 saturated heterocycles. The van der Waals surface area contributed by atoms with E-state index in [0.29, 0.717) is 45.3 Å². The molecule has 1 nitrogen and oxygen atoms in total. The van der Waals surface area contributed by atoms with Crippen LogP contribution in [0.5, 0.6) is 0 Å². The molecule has 0 atom stereocenters. The molecule has 0 unspecified atom stereocenters. The quantitative estimate of drug-likeness (QED) is 0.233. The smallest absolute Gasteiger partial charge is 0.175 e. The summed E-state index contributed by atoms with van der Waals surface area (Å²) in [6.45, 7) is 0. The number of benzene rings is 3. The maximum absolute atomic E-state index is 14.7. The second kappa shape index (κ2) is 8.16. The molecule has 0 aliphatic heterocycles. The van der Waals surface area contributed by atoms with Crippen LogP contribution in [0.4, 0.5) is 0 Å². The fourth-order valence-electron chi connectivity index (χ4n) is 2.83. The third-order valence-electron chi connectivity index (χ3n) is 3.86. The molecular formula is C18H15OPS6. The molecule has 0 aliphatic carbocycles. The van der Waals surface area contributed by atoms with Gasteiger partial charge in [-0.2, -0.15) is 0 Å². The predicted octanol–water partition coefficient (Wildman–Crippen LogP) is 5.06. The molecule has 0 radical (unpaired) electrons. The van der Waals surface area contributed by atoms with Crippen LogP contribution in [0, 0.1) is 0 Å².